The number of hydrazone groups is 1. The number of aromatic hydroxyl groups is 1. The Bertz CT molecular complexity index is 1110. The van der Waals surface area contributed by atoms with E-state index < -0.39 is 5.60 Å². The number of hydrogen-bond acceptors (Lipinski definition) is 5. The molecule has 0 bridgehead atoms. The second-order valence-corrected chi connectivity index (χ2v) is 9.45. The Hall–Kier alpha value is -3.13. The lowest BCUT2D eigenvalue weighted by Gasteiger charge is -2.44. The van der Waals surface area contributed by atoms with Gasteiger partial charge in [-0.3, -0.25) is 10.2 Å². The maximum Gasteiger partial charge on any atom is 0.219 e. The van der Waals surface area contributed by atoms with Gasteiger partial charge in [0.1, 0.15) is 17.1 Å². The summed E-state index contributed by atoms with van der Waals surface area (Å²) >= 11 is 5.52. The molecule has 0 atom stereocenters. The molecule has 1 saturated heterocycles. The van der Waals surface area contributed by atoms with Crippen LogP contribution in [0.2, 0.25) is 0 Å². The van der Waals surface area contributed by atoms with Crippen LogP contribution in [0.15, 0.2) is 35.4 Å². The molecule has 2 heterocycles. The van der Waals surface area contributed by atoms with Gasteiger partial charge in [0.2, 0.25) is 5.91 Å². The van der Waals surface area contributed by atoms with Crippen molar-refractivity contribution in [1.82, 2.24) is 10.3 Å². The van der Waals surface area contributed by atoms with E-state index in [0.29, 0.717) is 30.4 Å². The van der Waals surface area contributed by atoms with Gasteiger partial charge >= 0.3 is 0 Å². The first-order chi connectivity index (χ1) is 15.7. The van der Waals surface area contributed by atoms with Crippen molar-refractivity contribution in [1.29, 1.82) is 0 Å². The quantitative estimate of drug-likeness (QED) is 0.455. The molecule has 1 spiro atoms. The molecule has 0 unspecified atom stereocenters. The number of carbonyl (C=O) groups excluding carboxylic acids is 1. The van der Waals surface area contributed by atoms with Crippen LogP contribution in [0, 0.1) is 20.8 Å². The molecule has 2 aromatic carbocycles. The second kappa shape index (κ2) is 9.02. The summed E-state index contributed by atoms with van der Waals surface area (Å²) in [6.45, 7) is 9.06. The van der Waals surface area contributed by atoms with E-state index >= 15 is 0 Å². The summed E-state index contributed by atoms with van der Waals surface area (Å²) in [6.07, 6.45) is 2.00. The maximum atomic E-state index is 11.8. The van der Waals surface area contributed by atoms with Crippen LogP contribution in [0.3, 0.4) is 0 Å². The van der Waals surface area contributed by atoms with Crippen molar-refractivity contribution in [3.05, 3.63) is 52.6 Å². The van der Waals surface area contributed by atoms with Crippen molar-refractivity contribution in [3.8, 4) is 11.5 Å². The minimum Gasteiger partial charge on any atom is -0.508 e. The van der Waals surface area contributed by atoms with Crippen LogP contribution in [-0.2, 0) is 4.79 Å². The molecule has 2 aliphatic rings. The van der Waals surface area contributed by atoms with E-state index in [1.807, 2.05) is 18.7 Å². The molecule has 8 heteroatoms. The third-order valence-electron chi connectivity index (χ3n) is 6.42. The predicted molar refractivity (Wildman–Crippen MR) is 134 cm³/mol. The van der Waals surface area contributed by atoms with Gasteiger partial charge in [-0.05, 0) is 62.3 Å². The number of nitrogens with one attached hydrogen (secondary N) is 2. The number of phenolic OH excluding ortho intramolecular Hbond substituents is 1. The zero-order chi connectivity index (χ0) is 23.8. The van der Waals surface area contributed by atoms with E-state index in [1.165, 1.54) is 5.56 Å². The van der Waals surface area contributed by atoms with Gasteiger partial charge in [-0.15, -0.1) is 0 Å². The summed E-state index contributed by atoms with van der Waals surface area (Å²) in [6, 6.07) is 9.27. The first-order valence-electron chi connectivity index (χ1n) is 11.2. The molecule has 2 aliphatic heterocycles. The fraction of sp³-hybridized carbons (Fsp3) is 0.400. The fourth-order valence-corrected chi connectivity index (χ4v) is 4.89. The zero-order valence-electron chi connectivity index (χ0n) is 19.5. The van der Waals surface area contributed by atoms with Crippen molar-refractivity contribution in [3.63, 3.8) is 0 Å². The van der Waals surface area contributed by atoms with Crippen molar-refractivity contribution in [2.24, 2.45) is 5.10 Å². The molecule has 33 heavy (non-hydrogen) atoms. The average molecular weight is 467 g/mol. The molecular weight excluding hydrogens is 436 g/mol. The van der Waals surface area contributed by atoms with Crippen LogP contribution >= 0.6 is 12.2 Å². The summed E-state index contributed by atoms with van der Waals surface area (Å²) in [5.41, 5.74) is 8.46. The minimum atomic E-state index is -0.435. The molecule has 0 aromatic heterocycles. The van der Waals surface area contributed by atoms with Gasteiger partial charge < -0.3 is 20.1 Å². The molecule has 3 N–H and O–H groups in total. The molecule has 0 saturated carbocycles. The van der Waals surface area contributed by atoms with Crippen molar-refractivity contribution in [2.45, 2.75) is 52.6 Å². The number of anilines is 1. The van der Waals surface area contributed by atoms with Crippen LogP contribution in [0.5, 0.6) is 11.5 Å². The van der Waals surface area contributed by atoms with Gasteiger partial charge in [-0.1, -0.05) is 17.7 Å². The zero-order valence-corrected chi connectivity index (χ0v) is 20.3. The number of piperidine rings is 1. The van der Waals surface area contributed by atoms with Crippen LogP contribution in [0.4, 0.5) is 5.69 Å². The lowest BCUT2D eigenvalue weighted by Crippen LogP contribution is -2.52. The van der Waals surface area contributed by atoms with E-state index in [-0.39, 0.29) is 11.7 Å². The lowest BCUT2D eigenvalue weighted by atomic mass is 9.82. The van der Waals surface area contributed by atoms with Gasteiger partial charge in [0.15, 0.2) is 5.11 Å². The normalized spacial score (nSPS) is 17.9. The topological polar surface area (TPSA) is 86.2 Å². The summed E-state index contributed by atoms with van der Waals surface area (Å²) in [7, 11) is 0. The number of ether oxygens (including phenoxy) is 1. The highest BCUT2D eigenvalue weighted by Gasteiger charge is 2.42. The highest BCUT2D eigenvalue weighted by Crippen LogP contribution is 2.40. The van der Waals surface area contributed by atoms with Crippen LogP contribution in [0.1, 0.15) is 48.4 Å². The Morgan fingerprint density at radius 3 is 2.45 bits per heavy atom. The van der Waals surface area contributed by atoms with E-state index in [0.717, 1.165) is 40.9 Å². The fourth-order valence-electron chi connectivity index (χ4n) is 4.75. The Morgan fingerprint density at radius 1 is 1.15 bits per heavy atom. The number of amides is 1. The van der Waals surface area contributed by atoms with Crippen molar-refractivity contribution >= 4 is 34.6 Å². The third-order valence-corrected chi connectivity index (χ3v) is 6.61. The van der Waals surface area contributed by atoms with E-state index in [1.54, 1.807) is 25.1 Å². The Kier molecular flexibility index (Phi) is 6.30. The number of fused-ring (bicyclic) bond motifs is 1. The molecule has 0 radical (unpaired) electrons. The third kappa shape index (κ3) is 4.95. The molecule has 174 valence electrons. The largest absolute Gasteiger partial charge is 0.508 e. The van der Waals surface area contributed by atoms with Crippen LogP contribution in [-0.4, -0.2) is 45.4 Å². The SMILES string of the molecule is CC(=O)N1CCC2(CC1)C/C(=N/NC(=S)Nc1c(C)cc(C)cc1C)c1cc(O)ccc1O2. The van der Waals surface area contributed by atoms with E-state index in [2.05, 4.69) is 34.9 Å². The van der Waals surface area contributed by atoms with Gasteiger partial charge in [0.25, 0.3) is 0 Å². The number of thiocarbonyl (C=S) groups is 1. The molecule has 1 amide bonds. The Morgan fingerprint density at radius 2 is 1.82 bits per heavy atom. The van der Waals surface area contributed by atoms with Crippen molar-refractivity contribution in [2.75, 3.05) is 18.4 Å². The average Bonchev–Trinajstić information content (AvgIpc) is 2.75. The lowest BCUT2D eigenvalue weighted by molar-refractivity contribution is -0.132. The minimum absolute atomic E-state index is 0.0830. The monoisotopic (exact) mass is 466 g/mol. The number of hydrogen-bond donors (Lipinski definition) is 3. The van der Waals surface area contributed by atoms with Crippen LogP contribution < -0.4 is 15.5 Å². The van der Waals surface area contributed by atoms with E-state index in [4.69, 9.17) is 17.0 Å². The summed E-state index contributed by atoms with van der Waals surface area (Å²) in [5.74, 6) is 0.915. The number of benzene rings is 2. The summed E-state index contributed by atoms with van der Waals surface area (Å²) < 4.78 is 6.41. The molecule has 7 nitrogen and oxygen atoms in total. The van der Waals surface area contributed by atoms with Crippen LogP contribution in [0.25, 0.3) is 0 Å². The first-order valence-corrected chi connectivity index (χ1v) is 11.6. The second-order valence-electron chi connectivity index (χ2n) is 9.05. The molecule has 1 fully saturated rings. The Balaban J connectivity index is 1.56. The Labute approximate surface area is 199 Å². The molecule has 0 aliphatic carbocycles. The molecule has 2 aromatic rings. The summed E-state index contributed by atoms with van der Waals surface area (Å²) in [5, 5.41) is 18.3. The highest BCUT2D eigenvalue weighted by atomic mass is 32.1. The standard InChI is InChI=1S/C25H30N4O3S/c1-15-11-16(2)23(17(3)12-15)26-24(33)28-27-21-14-25(7-9-29(10-8-25)18(4)30)32-22-6-5-19(31)13-20(21)22/h5-6,11-13,31H,7-10,14H2,1-4H3,(H2,26,28,33)/b27-21-. The van der Waals surface area contributed by atoms with Gasteiger partial charge in [-0.2, -0.15) is 5.10 Å². The number of nitrogens with zero attached hydrogens (tertiary/aromatic N) is 2. The smallest absolute Gasteiger partial charge is 0.219 e. The predicted octanol–water partition coefficient (Wildman–Crippen LogP) is 4.17. The number of aryl methyl sites for hydroxylation is 3. The first kappa shape index (κ1) is 23.0. The van der Waals surface area contributed by atoms with Gasteiger partial charge in [0, 0.05) is 50.5 Å². The number of likely N-dealkylation sites (tertiary alicyclic amines) is 1. The molecule has 4 rings (SSSR count). The number of rotatable bonds is 2. The van der Waals surface area contributed by atoms with E-state index in [9.17, 15) is 9.90 Å². The molecular formula is C25H30N4O3S. The number of phenols is 1. The van der Waals surface area contributed by atoms with Gasteiger partial charge in [0.05, 0.1) is 5.71 Å². The maximum absolute atomic E-state index is 11.8. The van der Waals surface area contributed by atoms with Gasteiger partial charge in [-0.25, -0.2) is 0 Å². The highest BCUT2D eigenvalue weighted by molar-refractivity contribution is 7.80. The van der Waals surface area contributed by atoms with Crippen molar-refractivity contribution < 1.29 is 14.6 Å². The number of carbonyl (C=O) groups is 1. The summed E-state index contributed by atoms with van der Waals surface area (Å²) in [4.78, 5) is 13.6.